The minimum absolute atomic E-state index is 0.0410. The van der Waals surface area contributed by atoms with E-state index in [4.69, 9.17) is 4.98 Å². The summed E-state index contributed by atoms with van der Waals surface area (Å²) in [4.78, 5) is 23.7. The van der Waals surface area contributed by atoms with Gasteiger partial charge >= 0.3 is 6.03 Å². The zero-order valence-electron chi connectivity index (χ0n) is 16.0. The van der Waals surface area contributed by atoms with Gasteiger partial charge < -0.3 is 14.8 Å². The van der Waals surface area contributed by atoms with E-state index in [0.29, 0.717) is 12.6 Å². The van der Waals surface area contributed by atoms with Crippen LogP contribution < -0.4 is 5.32 Å². The van der Waals surface area contributed by atoms with E-state index < -0.39 is 0 Å². The lowest BCUT2D eigenvalue weighted by atomic mass is 10.1. The zero-order valence-corrected chi connectivity index (χ0v) is 16.0. The van der Waals surface area contributed by atoms with Crippen LogP contribution >= 0.6 is 0 Å². The minimum atomic E-state index is -0.0410. The van der Waals surface area contributed by atoms with E-state index in [0.717, 1.165) is 41.1 Å². The number of urea groups is 1. The van der Waals surface area contributed by atoms with Crippen molar-refractivity contribution in [1.29, 1.82) is 0 Å². The van der Waals surface area contributed by atoms with E-state index in [1.165, 1.54) is 0 Å². The number of likely N-dealkylation sites (tertiary alicyclic amines) is 1. The number of para-hydroxylation sites is 1. The number of rotatable bonds is 3. The minimum Gasteiger partial charge on any atom is -0.324 e. The van der Waals surface area contributed by atoms with E-state index in [9.17, 15) is 4.79 Å². The van der Waals surface area contributed by atoms with Gasteiger partial charge in [0, 0.05) is 36.9 Å². The van der Waals surface area contributed by atoms with Crippen LogP contribution in [0.2, 0.25) is 0 Å². The molecule has 1 fully saturated rings. The zero-order chi connectivity index (χ0) is 19.0. The topological polar surface area (TPSA) is 63.1 Å². The van der Waals surface area contributed by atoms with Gasteiger partial charge in [-0.05, 0) is 44.9 Å². The van der Waals surface area contributed by atoms with Gasteiger partial charge in [-0.15, -0.1) is 0 Å². The molecule has 1 aliphatic heterocycles. The first-order valence-electron chi connectivity index (χ1n) is 9.48. The number of aromatic nitrogens is 3. The monoisotopic (exact) mass is 363 g/mol. The average molecular weight is 363 g/mol. The Hall–Kier alpha value is -2.89. The maximum Gasteiger partial charge on any atom is 0.321 e. The number of carbonyl (C=O) groups is 1. The second-order valence-corrected chi connectivity index (χ2v) is 7.47. The van der Waals surface area contributed by atoms with Gasteiger partial charge in [-0.25, -0.2) is 9.78 Å². The SMILES string of the molecule is Cc1ccccc1NC(=O)N1CC[C@H](c2nc3ccncc3n2C(C)C)C1. The molecule has 140 valence electrons. The Morgan fingerprint density at radius 3 is 2.85 bits per heavy atom. The molecule has 2 aromatic heterocycles. The summed E-state index contributed by atoms with van der Waals surface area (Å²) in [7, 11) is 0. The molecule has 4 rings (SSSR count). The molecule has 1 atom stereocenters. The smallest absolute Gasteiger partial charge is 0.321 e. The lowest BCUT2D eigenvalue weighted by Crippen LogP contribution is -2.33. The van der Waals surface area contributed by atoms with Crippen LogP contribution in [0.4, 0.5) is 10.5 Å². The van der Waals surface area contributed by atoms with Crippen LogP contribution in [0.25, 0.3) is 11.0 Å². The molecule has 0 aliphatic carbocycles. The molecular weight excluding hydrogens is 338 g/mol. The van der Waals surface area contributed by atoms with Gasteiger partial charge in [0.05, 0.1) is 17.2 Å². The van der Waals surface area contributed by atoms with Crippen LogP contribution in [-0.4, -0.2) is 38.6 Å². The van der Waals surface area contributed by atoms with Crippen molar-refractivity contribution in [2.75, 3.05) is 18.4 Å². The number of amides is 2. The van der Waals surface area contributed by atoms with Crippen LogP contribution in [0.1, 0.15) is 43.6 Å². The lowest BCUT2D eigenvalue weighted by Gasteiger charge is -2.19. The summed E-state index contributed by atoms with van der Waals surface area (Å²) in [5.41, 5.74) is 3.96. The molecule has 3 heterocycles. The lowest BCUT2D eigenvalue weighted by molar-refractivity contribution is 0.222. The highest BCUT2D eigenvalue weighted by Gasteiger charge is 2.31. The van der Waals surface area contributed by atoms with Crippen molar-refractivity contribution in [3.63, 3.8) is 0 Å². The number of nitrogens with one attached hydrogen (secondary N) is 1. The Kier molecular flexibility index (Phi) is 4.56. The standard InChI is InChI=1S/C21H25N5O/c1-14(2)26-19-12-22-10-8-18(19)23-20(26)16-9-11-25(13-16)21(27)24-17-7-5-4-6-15(17)3/h4-8,10,12,14,16H,9,11,13H2,1-3H3,(H,24,27)/t16-/m0/s1. The van der Waals surface area contributed by atoms with E-state index >= 15 is 0 Å². The molecule has 1 saturated heterocycles. The van der Waals surface area contributed by atoms with E-state index in [2.05, 4.69) is 28.7 Å². The maximum atomic E-state index is 12.7. The molecule has 0 spiro atoms. The van der Waals surface area contributed by atoms with Crippen molar-refractivity contribution in [3.05, 3.63) is 54.1 Å². The molecule has 0 radical (unpaired) electrons. The van der Waals surface area contributed by atoms with Crippen LogP contribution in [0.5, 0.6) is 0 Å². The van der Waals surface area contributed by atoms with Crippen molar-refractivity contribution in [2.24, 2.45) is 0 Å². The highest BCUT2D eigenvalue weighted by atomic mass is 16.2. The van der Waals surface area contributed by atoms with Crippen LogP contribution in [0.3, 0.4) is 0 Å². The number of pyridine rings is 1. The van der Waals surface area contributed by atoms with E-state index in [1.807, 2.05) is 48.4 Å². The summed E-state index contributed by atoms with van der Waals surface area (Å²) >= 11 is 0. The van der Waals surface area contributed by atoms with Crippen LogP contribution in [0.15, 0.2) is 42.7 Å². The number of fused-ring (bicyclic) bond motifs is 1. The predicted molar refractivity (Wildman–Crippen MR) is 107 cm³/mol. The first-order valence-corrected chi connectivity index (χ1v) is 9.48. The second kappa shape index (κ2) is 7.02. The van der Waals surface area contributed by atoms with Gasteiger partial charge in [0.1, 0.15) is 5.82 Å². The summed E-state index contributed by atoms with van der Waals surface area (Å²) in [5, 5.41) is 3.04. The fourth-order valence-corrected chi connectivity index (χ4v) is 3.85. The Labute approximate surface area is 159 Å². The van der Waals surface area contributed by atoms with Gasteiger partial charge in [0.15, 0.2) is 0 Å². The van der Waals surface area contributed by atoms with Gasteiger partial charge in [-0.1, -0.05) is 18.2 Å². The van der Waals surface area contributed by atoms with Crippen LogP contribution in [-0.2, 0) is 0 Å². The third-order valence-electron chi connectivity index (χ3n) is 5.26. The van der Waals surface area contributed by atoms with Crippen molar-refractivity contribution in [3.8, 4) is 0 Å². The highest BCUT2D eigenvalue weighted by Crippen LogP contribution is 2.31. The number of carbonyl (C=O) groups excluding carboxylic acids is 1. The van der Waals surface area contributed by atoms with Gasteiger partial charge in [-0.3, -0.25) is 4.98 Å². The van der Waals surface area contributed by atoms with Crippen molar-refractivity contribution in [2.45, 2.75) is 39.2 Å². The first-order chi connectivity index (χ1) is 13.0. The number of nitrogens with zero attached hydrogens (tertiary/aromatic N) is 4. The molecular formula is C21H25N5O. The molecule has 1 aromatic carbocycles. The Morgan fingerprint density at radius 1 is 1.26 bits per heavy atom. The molecule has 6 nitrogen and oxygen atoms in total. The van der Waals surface area contributed by atoms with E-state index in [-0.39, 0.29) is 11.9 Å². The summed E-state index contributed by atoms with van der Waals surface area (Å²) in [6.07, 6.45) is 4.58. The third-order valence-corrected chi connectivity index (χ3v) is 5.26. The van der Waals surface area contributed by atoms with Crippen molar-refractivity contribution in [1.82, 2.24) is 19.4 Å². The highest BCUT2D eigenvalue weighted by molar-refractivity contribution is 5.90. The predicted octanol–water partition coefficient (Wildman–Crippen LogP) is 4.34. The first kappa shape index (κ1) is 17.5. The number of imidazole rings is 1. The molecule has 2 amide bonds. The summed E-state index contributed by atoms with van der Waals surface area (Å²) < 4.78 is 2.26. The van der Waals surface area contributed by atoms with Gasteiger partial charge in [0.25, 0.3) is 0 Å². The molecule has 0 saturated carbocycles. The molecule has 27 heavy (non-hydrogen) atoms. The Balaban J connectivity index is 1.55. The summed E-state index contributed by atoms with van der Waals surface area (Å²) in [6.45, 7) is 7.75. The molecule has 6 heteroatoms. The quantitative estimate of drug-likeness (QED) is 0.753. The Bertz CT molecular complexity index is 978. The molecule has 1 aliphatic rings. The molecule has 1 N–H and O–H groups in total. The largest absolute Gasteiger partial charge is 0.324 e. The molecule has 0 unspecified atom stereocenters. The average Bonchev–Trinajstić information content (AvgIpc) is 3.28. The maximum absolute atomic E-state index is 12.7. The fourth-order valence-electron chi connectivity index (χ4n) is 3.85. The molecule has 3 aromatic rings. The summed E-state index contributed by atoms with van der Waals surface area (Å²) in [6, 6.07) is 10.1. The van der Waals surface area contributed by atoms with Gasteiger partial charge in [0.2, 0.25) is 0 Å². The number of hydrogen-bond donors (Lipinski definition) is 1. The number of anilines is 1. The van der Waals surface area contributed by atoms with Crippen molar-refractivity contribution < 1.29 is 4.79 Å². The second-order valence-electron chi connectivity index (χ2n) is 7.47. The number of benzene rings is 1. The van der Waals surface area contributed by atoms with Crippen molar-refractivity contribution >= 4 is 22.8 Å². The van der Waals surface area contributed by atoms with E-state index in [1.54, 1.807) is 6.20 Å². The third kappa shape index (κ3) is 3.27. The summed E-state index contributed by atoms with van der Waals surface area (Å²) in [5.74, 6) is 1.29. The Morgan fingerprint density at radius 2 is 2.07 bits per heavy atom. The van der Waals surface area contributed by atoms with Crippen LogP contribution in [0, 0.1) is 6.92 Å². The fraction of sp³-hybridized carbons (Fsp3) is 0.381. The number of hydrogen-bond acceptors (Lipinski definition) is 3. The van der Waals surface area contributed by atoms with Gasteiger partial charge in [-0.2, -0.15) is 0 Å². The molecule has 0 bridgehead atoms. The number of aryl methyl sites for hydroxylation is 1. The normalized spacial score (nSPS) is 17.0.